The molecule has 0 saturated heterocycles. The number of nitrogens with zero attached hydrogens (tertiary/aromatic N) is 3. The highest BCUT2D eigenvalue weighted by atomic mass is 16.2. The molecule has 1 atom stereocenters. The van der Waals surface area contributed by atoms with E-state index in [9.17, 15) is 9.59 Å². The first-order chi connectivity index (χ1) is 11.1. The fraction of sp³-hybridized carbons (Fsp3) is 0.312. The third-order valence-corrected chi connectivity index (χ3v) is 3.33. The second-order valence-electron chi connectivity index (χ2n) is 5.11. The van der Waals surface area contributed by atoms with Crippen molar-refractivity contribution in [1.29, 1.82) is 0 Å². The first-order valence-electron chi connectivity index (χ1n) is 7.44. The molecule has 2 rings (SSSR count). The van der Waals surface area contributed by atoms with E-state index in [0.717, 1.165) is 18.4 Å². The molecule has 7 heteroatoms. The molecule has 0 unspecified atom stereocenters. The highest BCUT2D eigenvalue weighted by Gasteiger charge is 2.18. The van der Waals surface area contributed by atoms with Crippen LogP contribution in [-0.4, -0.2) is 32.8 Å². The number of hydrogen-bond acceptors (Lipinski definition) is 5. The number of rotatable bonds is 7. The van der Waals surface area contributed by atoms with Crippen molar-refractivity contribution in [3.05, 3.63) is 42.5 Å². The standard InChI is InChI=1S/C16H19N5O2/c1-2-3-6-13(14(17)22)21-16(23)12-9-19-15(20-10-12)11-5-4-7-18-8-11/h4-5,7-10,13H,2-3,6H2,1H3,(H2,17,22)(H,21,23)/t13-/m0/s1. The van der Waals surface area contributed by atoms with Crippen molar-refractivity contribution in [2.24, 2.45) is 5.73 Å². The van der Waals surface area contributed by atoms with Gasteiger partial charge in [-0.25, -0.2) is 9.97 Å². The number of carbonyl (C=O) groups is 2. The number of carbonyl (C=O) groups excluding carboxylic acids is 2. The summed E-state index contributed by atoms with van der Waals surface area (Å²) in [4.78, 5) is 35.8. The molecule has 0 aliphatic heterocycles. The van der Waals surface area contributed by atoms with E-state index in [1.807, 2.05) is 13.0 Å². The minimum absolute atomic E-state index is 0.278. The summed E-state index contributed by atoms with van der Waals surface area (Å²) in [5, 5.41) is 2.62. The van der Waals surface area contributed by atoms with E-state index in [1.165, 1.54) is 12.4 Å². The van der Waals surface area contributed by atoms with Gasteiger partial charge in [-0.15, -0.1) is 0 Å². The van der Waals surface area contributed by atoms with E-state index < -0.39 is 17.9 Å². The Hall–Kier alpha value is -2.83. The Morgan fingerprint density at radius 3 is 2.57 bits per heavy atom. The van der Waals surface area contributed by atoms with Gasteiger partial charge in [0.2, 0.25) is 5.91 Å². The summed E-state index contributed by atoms with van der Waals surface area (Å²) in [6, 6.07) is 2.93. The highest BCUT2D eigenvalue weighted by Crippen LogP contribution is 2.12. The number of nitrogens with one attached hydrogen (secondary N) is 1. The van der Waals surface area contributed by atoms with Gasteiger partial charge >= 0.3 is 0 Å². The second-order valence-corrected chi connectivity index (χ2v) is 5.11. The molecule has 23 heavy (non-hydrogen) atoms. The van der Waals surface area contributed by atoms with E-state index in [2.05, 4.69) is 20.3 Å². The quantitative estimate of drug-likeness (QED) is 0.800. The van der Waals surface area contributed by atoms with Crippen molar-refractivity contribution in [2.45, 2.75) is 32.2 Å². The van der Waals surface area contributed by atoms with Gasteiger partial charge in [-0.3, -0.25) is 14.6 Å². The molecule has 120 valence electrons. The van der Waals surface area contributed by atoms with Crippen LogP contribution in [0.15, 0.2) is 36.9 Å². The van der Waals surface area contributed by atoms with E-state index in [0.29, 0.717) is 12.2 Å². The molecule has 0 aromatic carbocycles. The number of pyridine rings is 1. The maximum absolute atomic E-state index is 12.2. The zero-order chi connectivity index (χ0) is 16.7. The maximum Gasteiger partial charge on any atom is 0.255 e. The van der Waals surface area contributed by atoms with Crippen molar-refractivity contribution in [3.63, 3.8) is 0 Å². The summed E-state index contributed by atoms with van der Waals surface area (Å²) >= 11 is 0. The molecule has 0 saturated carbocycles. The highest BCUT2D eigenvalue weighted by molar-refractivity contribution is 5.96. The molecule has 2 aromatic heterocycles. The van der Waals surface area contributed by atoms with Crippen LogP contribution >= 0.6 is 0 Å². The minimum atomic E-state index is -0.680. The first kappa shape index (κ1) is 16.5. The molecule has 0 spiro atoms. The fourth-order valence-electron chi connectivity index (χ4n) is 2.02. The largest absolute Gasteiger partial charge is 0.368 e. The molecule has 2 heterocycles. The van der Waals surface area contributed by atoms with Crippen molar-refractivity contribution in [2.75, 3.05) is 0 Å². The van der Waals surface area contributed by atoms with Gasteiger partial charge in [0.25, 0.3) is 5.91 Å². The third kappa shape index (κ3) is 4.57. The van der Waals surface area contributed by atoms with Crippen LogP contribution in [0.3, 0.4) is 0 Å². The molecule has 0 bridgehead atoms. The lowest BCUT2D eigenvalue weighted by molar-refractivity contribution is -0.120. The molecular formula is C16H19N5O2. The van der Waals surface area contributed by atoms with Crippen LogP contribution in [0.2, 0.25) is 0 Å². The maximum atomic E-state index is 12.2. The second kappa shape index (κ2) is 7.98. The SMILES string of the molecule is CCCC[C@H](NC(=O)c1cnc(-c2cccnc2)nc1)C(N)=O. The van der Waals surface area contributed by atoms with E-state index >= 15 is 0 Å². The summed E-state index contributed by atoms with van der Waals surface area (Å²) in [5.74, 6) is -0.477. The van der Waals surface area contributed by atoms with Gasteiger partial charge < -0.3 is 11.1 Å². The van der Waals surface area contributed by atoms with Crippen molar-refractivity contribution >= 4 is 11.8 Å². The van der Waals surface area contributed by atoms with Gasteiger partial charge in [-0.1, -0.05) is 19.8 Å². The Kier molecular flexibility index (Phi) is 5.74. The lowest BCUT2D eigenvalue weighted by atomic mass is 10.1. The van der Waals surface area contributed by atoms with Crippen LogP contribution in [-0.2, 0) is 4.79 Å². The third-order valence-electron chi connectivity index (χ3n) is 3.33. The monoisotopic (exact) mass is 313 g/mol. The number of amides is 2. The zero-order valence-electron chi connectivity index (χ0n) is 12.9. The fourth-order valence-corrected chi connectivity index (χ4v) is 2.02. The first-order valence-corrected chi connectivity index (χ1v) is 7.44. The molecule has 2 amide bonds. The lowest BCUT2D eigenvalue weighted by Crippen LogP contribution is -2.44. The van der Waals surface area contributed by atoms with Crippen LogP contribution < -0.4 is 11.1 Å². The molecule has 0 aliphatic rings. The summed E-state index contributed by atoms with van der Waals surface area (Å²) in [6.45, 7) is 2.00. The van der Waals surface area contributed by atoms with Gasteiger partial charge in [0.05, 0.1) is 5.56 Å². The summed E-state index contributed by atoms with van der Waals surface area (Å²) in [7, 11) is 0. The zero-order valence-corrected chi connectivity index (χ0v) is 12.9. The predicted octanol–water partition coefficient (Wildman–Crippen LogP) is 1.31. The Bertz CT molecular complexity index is 658. The van der Waals surface area contributed by atoms with E-state index in [4.69, 9.17) is 5.73 Å². The van der Waals surface area contributed by atoms with E-state index in [1.54, 1.807) is 18.5 Å². The van der Waals surface area contributed by atoms with Crippen LogP contribution in [0.25, 0.3) is 11.4 Å². The van der Waals surface area contributed by atoms with E-state index in [-0.39, 0.29) is 5.56 Å². The molecule has 3 N–H and O–H groups in total. The minimum Gasteiger partial charge on any atom is -0.368 e. The van der Waals surface area contributed by atoms with Crippen LogP contribution in [0.4, 0.5) is 0 Å². The van der Waals surface area contributed by atoms with Crippen molar-refractivity contribution in [1.82, 2.24) is 20.3 Å². The van der Waals surface area contributed by atoms with Crippen LogP contribution in [0.5, 0.6) is 0 Å². The Balaban J connectivity index is 2.06. The van der Waals surface area contributed by atoms with Crippen molar-refractivity contribution < 1.29 is 9.59 Å². The summed E-state index contributed by atoms with van der Waals surface area (Å²) < 4.78 is 0. The molecule has 7 nitrogen and oxygen atoms in total. The number of aromatic nitrogens is 3. The molecule has 2 aromatic rings. The predicted molar refractivity (Wildman–Crippen MR) is 85.2 cm³/mol. The summed E-state index contributed by atoms with van der Waals surface area (Å²) in [6.07, 6.45) is 8.39. The van der Waals surface area contributed by atoms with Gasteiger partial charge in [0.1, 0.15) is 6.04 Å². The normalized spacial score (nSPS) is 11.7. The van der Waals surface area contributed by atoms with Crippen LogP contribution in [0, 0.1) is 0 Å². The number of primary amides is 1. The molecular weight excluding hydrogens is 294 g/mol. The number of hydrogen-bond donors (Lipinski definition) is 2. The summed E-state index contributed by atoms with van der Waals surface area (Å²) in [5.41, 5.74) is 6.35. The lowest BCUT2D eigenvalue weighted by Gasteiger charge is -2.14. The Labute approximate surface area is 134 Å². The van der Waals surface area contributed by atoms with Gasteiger partial charge in [-0.2, -0.15) is 0 Å². The average Bonchev–Trinajstić information content (AvgIpc) is 2.59. The van der Waals surface area contributed by atoms with Crippen LogP contribution in [0.1, 0.15) is 36.5 Å². The number of unbranched alkanes of at least 4 members (excludes halogenated alkanes) is 1. The van der Waals surface area contributed by atoms with Gasteiger partial charge in [-0.05, 0) is 18.6 Å². The number of nitrogens with two attached hydrogens (primary N) is 1. The average molecular weight is 313 g/mol. The Morgan fingerprint density at radius 2 is 2.00 bits per heavy atom. The molecule has 0 aliphatic carbocycles. The Morgan fingerprint density at radius 1 is 1.26 bits per heavy atom. The topological polar surface area (TPSA) is 111 Å². The van der Waals surface area contributed by atoms with Gasteiger partial charge in [0, 0.05) is 30.4 Å². The molecule has 0 fully saturated rings. The smallest absolute Gasteiger partial charge is 0.255 e. The molecule has 0 radical (unpaired) electrons. The van der Waals surface area contributed by atoms with Crippen molar-refractivity contribution in [3.8, 4) is 11.4 Å². The van der Waals surface area contributed by atoms with Gasteiger partial charge in [0.15, 0.2) is 5.82 Å².